The van der Waals surface area contributed by atoms with Crippen molar-refractivity contribution >= 4 is 17.7 Å². The van der Waals surface area contributed by atoms with Gasteiger partial charge in [0.1, 0.15) is 11.5 Å². The molecule has 0 aliphatic heterocycles. The third-order valence-electron chi connectivity index (χ3n) is 4.11. The molecule has 0 radical (unpaired) electrons. The van der Waals surface area contributed by atoms with E-state index < -0.39 is 0 Å². The molecule has 28 heavy (non-hydrogen) atoms. The Hall–Kier alpha value is -3.00. The molecule has 1 aromatic carbocycles. The molecule has 2 aromatic heterocycles. The minimum Gasteiger partial charge on any atom is -0.497 e. The van der Waals surface area contributed by atoms with Gasteiger partial charge < -0.3 is 14.5 Å². The van der Waals surface area contributed by atoms with E-state index in [2.05, 4.69) is 22.1 Å². The fourth-order valence-corrected chi connectivity index (χ4v) is 3.41. The maximum atomic E-state index is 12.2. The van der Waals surface area contributed by atoms with Crippen molar-refractivity contribution in [3.8, 4) is 17.1 Å². The highest BCUT2D eigenvalue weighted by molar-refractivity contribution is 7.99. The van der Waals surface area contributed by atoms with Crippen LogP contribution in [0.15, 0.2) is 58.8 Å². The third-order valence-corrected chi connectivity index (χ3v) is 5.08. The molecule has 1 amide bonds. The largest absolute Gasteiger partial charge is 0.497 e. The highest BCUT2D eigenvalue weighted by atomic mass is 32.2. The average Bonchev–Trinajstić information content (AvgIpc) is 3.31. The van der Waals surface area contributed by atoms with Crippen molar-refractivity contribution in [1.82, 2.24) is 20.1 Å². The zero-order chi connectivity index (χ0) is 19.9. The van der Waals surface area contributed by atoms with Gasteiger partial charge in [-0.1, -0.05) is 30.0 Å². The fourth-order valence-electron chi connectivity index (χ4n) is 2.63. The Kier molecular flexibility index (Phi) is 6.54. The van der Waals surface area contributed by atoms with Crippen molar-refractivity contribution in [2.45, 2.75) is 25.2 Å². The van der Waals surface area contributed by atoms with E-state index in [-0.39, 0.29) is 11.7 Å². The number of furan rings is 1. The van der Waals surface area contributed by atoms with Crippen molar-refractivity contribution in [3.05, 3.63) is 60.6 Å². The summed E-state index contributed by atoms with van der Waals surface area (Å²) in [5.41, 5.74) is 1.89. The number of rotatable bonds is 9. The molecule has 8 heteroatoms. The average molecular weight is 398 g/mol. The molecule has 0 bridgehead atoms. The molecule has 0 atom stereocenters. The molecule has 0 spiro atoms. The van der Waals surface area contributed by atoms with Gasteiger partial charge in [0.2, 0.25) is 5.91 Å². The first-order chi connectivity index (χ1) is 13.6. The molecule has 0 unspecified atom stereocenters. The first kappa shape index (κ1) is 19.8. The second kappa shape index (κ2) is 9.27. The van der Waals surface area contributed by atoms with Crippen molar-refractivity contribution in [2.24, 2.45) is 0 Å². The minimum absolute atomic E-state index is 0.0741. The molecule has 3 rings (SSSR count). The molecule has 0 saturated heterocycles. The number of aromatic nitrogens is 3. The first-order valence-electron chi connectivity index (χ1n) is 8.73. The molecule has 0 saturated carbocycles. The summed E-state index contributed by atoms with van der Waals surface area (Å²) in [4.78, 5) is 12.2. The first-order valence-corrected chi connectivity index (χ1v) is 9.72. The summed E-state index contributed by atoms with van der Waals surface area (Å²) >= 11 is 1.34. The van der Waals surface area contributed by atoms with Crippen LogP contribution >= 0.6 is 11.8 Å². The van der Waals surface area contributed by atoms with Gasteiger partial charge in [-0.3, -0.25) is 9.36 Å². The number of ether oxygens (including phenoxy) is 1. The molecule has 2 heterocycles. The van der Waals surface area contributed by atoms with Crippen LogP contribution in [0.3, 0.4) is 0 Å². The molecular formula is C20H22N4O3S. The SMILES string of the molecule is C=CCn1c(SCC(=O)NCc2ccc(OC)cc2)nnc1-c1ccoc1C. The van der Waals surface area contributed by atoms with Crippen LogP contribution in [-0.4, -0.2) is 33.5 Å². The van der Waals surface area contributed by atoms with E-state index in [1.165, 1.54) is 11.8 Å². The van der Waals surface area contributed by atoms with Gasteiger partial charge in [0.15, 0.2) is 11.0 Å². The van der Waals surface area contributed by atoms with Crippen LogP contribution in [0.4, 0.5) is 0 Å². The van der Waals surface area contributed by atoms with Gasteiger partial charge in [-0.25, -0.2) is 0 Å². The number of carbonyl (C=O) groups is 1. The van der Waals surface area contributed by atoms with Crippen LogP contribution in [-0.2, 0) is 17.9 Å². The molecular weight excluding hydrogens is 376 g/mol. The van der Waals surface area contributed by atoms with Crippen molar-refractivity contribution < 1.29 is 13.9 Å². The number of nitrogens with one attached hydrogen (secondary N) is 1. The normalized spacial score (nSPS) is 10.6. The maximum absolute atomic E-state index is 12.2. The molecule has 3 aromatic rings. The lowest BCUT2D eigenvalue weighted by molar-refractivity contribution is -0.118. The van der Waals surface area contributed by atoms with Crippen LogP contribution in [0.2, 0.25) is 0 Å². The van der Waals surface area contributed by atoms with Crippen LogP contribution in [0.5, 0.6) is 5.75 Å². The number of aryl methyl sites for hydroxylation is 1. The number of methoxy groups -OCH3 is 1. The van der Waals surface area contributed by atoms with E-state index in [0.717, 1.165) is 22.6 Å². The Morgan fingerprint density at radius 3 is 2.75 bits per heavy atom. The van der Waals surface area contributed by atoms with E-state index in [9.17, 15) is 4.79 Å². The van der Waals surface area contributed by atoms with Crippen LogP contribution in [0.1, 0.15) is 11.3 Å². The second-order valence-electron chi connectivity index (χ2n) is 6.01. The molecule has 7 nitrogen and oxygen atoms in total. The van der Waals surface area contributed by atoms with Crippen LogP contribution in [0, 0.1) is 6.92 Å². The number of benzene rings is 1. The molecule has 0 fully saturated rings. The van der Waals surface area contributed by atoms with E-state index in [1.54, 1.807) is 19.4 Å². The molecule has 0 aliphatic carbocycles. The van der Waals surface area contributed by atoms with Gasteiger partial charge >= 0.3 is 0 Å². The third kappa shape index (κ3) is 4.64. The second-order valence-corrected chi connectivity index (χ2v) is 6.95. The van der Waals surface area contributed by atoms with Gasteiger partial charge in [0.25, 0.3) is 0 Å². The predicted octanol–water partition coefficient (Wildman–Crippen LogP) is 3.45. The summed E-state index contributed by atoms with van der Waals surface area (Å²) in [6.45, 7) is 6.68. The maximum Gasteiger partial charge on any atom is 0.230 e. The van der Waals surface area contributed by atoms with E-state index in [4.69, 9.17) is 9.15 Å². The van der Waals surface area contributed by atoms with Crippen LogP contribution in [0.25, 0.3) is 11.4 Å². The highest BCUT2D eigenvalue weighted by Crippen LogP contribution is 2.27. The standard InChI is InChI=1S/C20H22N4O3S/c1-4-10-24-19(17-9-11-27-14(17)2)22-23-20(24)28-13-18(25)21-12-15-5-7-16(26-3)8-6-15/h4-9,11H,1,10,12-13H2,2-3H3,(H,21,25). The number of hydrogen-bond acceptors (Lipinski definition) is 6. The molecule has 0 aliphatic rings. The lowest BCUT2D eigenvalue weighted by atomic mass is 10.2. The summed E-state index contributed by atoms with van der Waals surface area (Å²) in [5.74, 6) is 2.43. The zero-order valence-electron chi connectivity index (χ0n) is 15.8. The number of hydrogen-bond donors (Lipinski definition) is 1. The fraction of sp³-hybridized carbons (Fsp3) is 0.250. The Morgan fingerprint density at radius 1 is 1.32 bits per heavy atom. The summed E-state index contributed by atoms with van der Waals surface area (Å²) in [6, 6.07) is 9.44. The predicted molar refractivity (Wildman–Crippen MR) is 108 cm³/mol. The Balaban J connectivity index is 1.60. The molecule has 1 N–H and O–H groups in total. The summed E-state index contributed by atoms with van der Waals surface area (Å²) < 4.78 is 12.4. The van der Waals surface area contributed by atoms with E-state index >= 15 is 0 Å². The van der Waals surface area contributed by atoms with Crippen molar-refractivity contribution in [3.63, 3.8) is 0 Å². The summed E-state index contributed by atoms with van der Waals surface area (Å²) in [7, 11) is 1.62. The van der Waals surface area contributed by atoms with Crippen molar-refractivity contribution in [1.29, 1.82) is 0 Å². The highest BCUT2D eigenvalue weighted by Gasteiger charge is 2.17. The zero-order valence-corrected chi connectivity index (χ0v) is 16.7. The lowest BCUT2D eigenvalue weighted by Crippen LogP contribution is -2.24. The van der Waals surface area contributed by atoms with E-state index in [0.29, 0.717) is 24.1 Å². The number of nitrogens with zero attached hydrogens (tertiary/aromatic N) is 3. The number of thioether (sulfide) groups is 1. The Labute approximate surface area is 167 Å². The Morgan fingerprint density at radius 2 is 2.11 bits per heavy atom. The number of amides is 1. The lowest BCUT2D eigenvalue weighted by Gasteiger charge is -2.08. The van der Waals surface area contributed by atoms with Gasteiger partial charge in [-0.15, -0.1) is 16.8 Å². The molecule has 146 valence electrons. The van der Waals surface area contributed by atoms with Gasteiger partial charge in [-0.05, 0) is 30.7 Å². The quantitative estimate of drug-likeness (QED) is 0.439. The van der Waals surface area contributed by atoms with E-state index in [1.807, 2.05) is 41.8 Å². The smallest absolute Gasteiger partial charge is 0.230 e. The topological polar surface area (TPSA) is 82.2 Å². The summed E-state index contributed by atoms with van der Waals surface area (Å²) in [6.07, 6.45) is 3.40. The number of allylic oxidation sites excluding steroid dienone is 1. The van der Waals surface area contributed by atoms with Crippen LogP contribution < -0.4 is 10.1 Å². The Bertz CT molecular complexity index is 947. The monoisotopic (exact) mass is 398 g/mol. The van der Waals surface area contributed by atoms with Gasteiger partial charge in [0.05, 0.1) is 24.7 Å². The summed E-state index contributed by atoms with van der Waals surface area (Å²) in [5, 5.41) is 12.1. The minimum atomic E-state index is -0.0741. The van der Waals surface area contributed by atoms with Gasteiger partial charge in [0, 0.05) is 13.1 Å². The number of carbonyl (C=O) groups excluding carboxylic acids is 1. The van der Waals surface area contributed by atoms with Crippen molar-refractivity contribution in [2.75, 3.05) is 12.9 Å². The van der Waals surface area contributed by atoms with Gasteiger partial charge in [-0.2, -0.15) is 0 Å².